The van der Waals surface area contributed by atoms with Gasteiger partial charge in [-0.2, -0.15) is 0 Å². The van der Waals surface area contributed by atoms with Gasteiger partial charge in [-0.25, -0.2) is 4.39 Å². The van der Waals surface area contributed by atoms with Gasteiger partial charge in [0.25, 0.3) is 5.91 Å². The molecule has 1 aromatic heterocycles. The lowest BCUT2D eigenvalue weighted by atomic mass is 10.1. The molecule has 1 aliphatic heterocycles. The minimum atomic E-state index is -0.466. The highest BCUT2D eigenvalue weighted by atomic mass is 35.5. The maximum Gasteiger partial charge on any atom is 0.255 e. The third kappa shape index (κ3) is 4.10. The molecule has 0 spiro atoms. The Morgan fingerprint density at radius 3 is 2.92 bits per heavy atom. The Bertz CT molecular complexity index is 705. The number of pyridine rings is 1. The van der Waals surface area contributed by atoms with E-state index in [0.717, 1.165) is 24.6 Å². The molecule has 3 rings (SSSR count). The minimum absolute atomic E-state index is 0.0110. The molecule has 0 saturated carbocycles. The lowest BCUT2D eigenvalue weighted by Crippen LogP contribution is -2.37. The van der Waals surface area contributed by atoms with Crippen molar-refractivity contribution < 1.29 is 13.9 Å². The van der Waals surface area contributed by atoms with Crippen molar-refractivity contribution in [3.05, 3.63) is 64.7 Å². The maximum atomic E-state index is 13.2. The molecule has 1 saturated heterocycles. The Morgan fingerprint density at radius 2 is 2.25 bits per heavy atom. The summed E-state index contributed by atoms with van der Waals surface area (Å²) in [5.41, 5.74) is 1.06. The summed E-state index contributed by atoms with van der Waals surface area (Å²) in [7, 11) is 0. The van der Waals surface area contributed by atoms with Crippen molar-refractivity contribution in [3.8, 4) is 0 Å². The molecule has 126 valence electrons. The summed E-state index contributed by atoms with van der Waals surface area (Å²) in [6.07, 6.45) is 3.61. The summed E-state index contributed by atoms with van der Waals surface area (Å²) < 4.78 is 18.9. The highest BCUT2D eigenvalue weighted by Gasteiger charge is 2.25. The second-order valence-corrected chi connectivity index (χ2v) is 6.17. The van der Waals surface area contributed by atoms with E-state index in [9.17, 15) is 9.18 Å². The van der Waals surface area contributed by atoms with Gasteiger partial charge in [-0.05, 0) is 43.2 Å². The average molecular weight is 349 g/mol. The van der Waals surface area contributed by atoms with Crippen LogP contribution in [0.25, 0.3) is 0 Å². The first-order valence-electron chi connectivity index (χ1n) is 7.89. The Kier molecular flexibility index (Phi) is 5.43. The molecule has 2 aromatic rings. The predicted molar refractivity (Wildman–Crippen MR) is 89.4 cm³/mol. The van der Waals surface area contributed by atoms with Crippen LogP contribution in [0.2, 0.25) is 5.02 Å². The first kappa shape index (κ1) is 16.9. The van der Waals surface area contributed by atoms with Crippen LogP contribution in [0, 0.1) is 5.82 Å². The van der Waals surface area contributed by atoms with Crippen LogP contribution in [0.5, 0.6) is 0 Å². The highest BCUT2D eigenvalue weighted by molar-refractivity contribution is 6.33. The zero-order valence-corrected chi connectivity index (χ0v) is 13.9. The first-order chi connectivity index (χ1) is 11.6. The third-order valence-electron chi connectivity index (χ3n) is 3.98. The zero-order valence-electron chi connectivity index (χ0n) is 13.1. The molecule has 0 N–H and O–H groups in total. The van der Waals surface area contributed by atoms with E-state index in [1.807, 2.05) is 18.2 Å². The van der Waals surface area contributed by atoms with Gasteiger partial charge in [0.15, 0.2) is 0 Å². The van der Waals surface area contributed by atoms with E-state index in [-0.39, 0.29) is 22.6 Å². The molecule has 1 amide bonds. The molecule has 4 nitrogen and oxygen atoms in total. The molecule has 1 atom stereocenters. The van der Waals surface area contributed by atoms with Crippen LogP contribution in [-0.2, 0) is 11.3 Å². The molecule has 0 aliphatic carbocycles. The molecule has 0 radical (unpaired) electrons. The molecule has 1 unspecified atom stereocenters. The van der Waals surface area contributed by atoms with Gasteiger partial charge in [-0.3, -0.25) is 9.78 Å². The van der Waals surface area contributed by atoms with Gasteiger partial charge in [0.1, 0.15) is 5.82 Å². The van der Waals surface area contributed by atoms with E-state index >= 15 is 0 Å². The van der Waals surface area contributed by atoms with Crippen molar-refractivity contribution in [2.24, 2.45) is 0 Å². The summed E-state index contributed by atoms with van der Waals surface area (Å²) in [6, 6.07) is 9.38. The summed E-state index contributed by atoms with van der Waals surface area (Å²) >= 11 is 6.05. The number of nitrogens with zero attached hydrogens (tertiary/aromatic N) is 2. The molecule has 0 bridgehead atoms. The highest BCUT2D eigenvalue weighted by Crippen LogP contribution is 2.22. The van der Waals surface area contributed by atoms with Gasteiger partial charge < -0.3 is 9.64 Å². The molecular formula is C18H18ClFN2O2. The van der Waals surface area contributed by atoms with Gasteiger partial charge in [-0.1, -0.05) is 17.7 Å². The minimum Gasteiger partial charge on any atom is -0.376 e. The number of hydrogen-bond donors (Lipinski definition) is 0. The number of carbonyl (C=O) groups excluding carboxylic acids is 1. The third-order valence-corrected chi connectivity index (χ3v) is 4.29. The second kappa shape index (κ2) is 7.73. The number of ether oxygens (including phenoxy) is 1. The van der Waals surface area contributed by atoms with Gasteiger partial charge >= 0.3 is 0 Å². The van der Waals surface area contributed by atoms with Crippen molar-refractivity contribution >= 4 is 17.5 Å². The molecule has 24 heavy (non-hydrogen) atoms. The fourth-order valence-corrected chi connectivity index (χ4v) is 3.02. The van der Waals surface area contributed by atoms with Crippen LogP contribution in [0.4, 0.5) is 4.39 Å². The molecule has 2 heterocycles. The maximum absolute atomic E-state index is 13.2. The number of benzene rings is 1. The Balaban J connectivity index is 1.83. The standard InChI is InChI=1S/C18H18ClFN2O2/c19-17-10-13(20)6-7-16(17)18(23)22(12-15-5-3-9-24-15)11-14-4-1-2-8-21-14/h1-2,4,6-8,10,15H,3,5,9,11-12H2. The van der Waals surface area contributed by atoms with Gasteiger partial charge in [0.2, 0.25) is 0 Å². The molecule has 6 heteroatoms. The van der Waals surface area contributed by atoms with E-state index in [2.05, 4.69) is 4.98 Å². The van der Waals surface area contributed by atoms with Gasteiger partial charge in [0.05, 0.1) is 28.9 Å². The van der Waals surface area contributed by atoms with E-state index in [0.29, 0.717) is 19.7 Å². The zero-order chi connectivity index (χ0) is 16.9. The number of amides is 1. The van der Waals surface area contributed by atoms with E-state index in [4.69, 9.17) is 16.3 Å². The smallest absolute Gasteiger partial charge is 0.255 e. The van der Waals surface area contributed by atoms with E-state index in [1.54, 1.807) is 11.1 Å². The van der Waals surface area contributed by atoms with Crippen LogP contribution in [0.15, 0.2) is 42.6 Å². The molecule has 1 aliphatic rings. The van der Waals surface area contributed by atoms with Gasteiger partial charge in [-0.15, -0.1) is 0 Å². The number of halogens is 2. The van der Waals surface area contributed by atoms with E-state index < -0.39 is 5.82 Å². The fourth-order valence-electron chi connectivity index (χ4n) is 2.77. The van der Waals surface area contributed by atoms with E-state index in [1.165, 1.54) is 12.1 Å². The van der Waals surface area contributed by atoms with Crippen molar-refractivity contribution in [2.45, 2.75) is 25.5 Å². The molecule has 1 aromatic carbocycles. The fraction of sp³-hybridized carbons (Fsp3) is 0.333. The monoisotopic (exact) mass is 348 g/mol. The van der Waals surface area contributed by atoms with Crippen LogP contribution in [-0.4, -0.2) is 35.0 Å². The lowest BCUT2D eigenvalue weighted by molar-refractivity contribution is 0.0504. The largest absolute Gasteiger partial charge is 0.376 e. The quantitative estimate of drug-likeness (QED) is 0.827. The second-order valence-electron chi connectivity index (χ2n) is 5.77. The van der Waals surface area contributed by atoms with Crippen molar-refractivity contribution in [1.29, 1.82) is 0 Å². The summed E-state index contributed by atoms with van der Waals surface area (Å²) in [5, 5.41) is 0.110. The summed E-state index contributed by atoms with van der Waals surface area (Å²) in [4.78, 5) is 18.8. The van der Waals surface area contributed by atoms with Crippen molar-refractivity contribution in [1.82, 2.24) is 9.88 Å². The lowest BCUT2D eigenvalue weighted by Gasteiger charge is -2.25. The van der Waals surface area contributed by atoms with Crippen LogP contribution < -0.4 is 0 Å². The Morgan fingerprint density at radius 1 is 1.38 bits per heavy atom. The van der Waals surface area contributed by atoms with Gasteiger partial charge in [0, 0.05) is 19.3 Å². The number of carbonyl (C=O) groups is 1. The summed E-state index contributed by atoms with van der Waals surface area (Å²) in [5.74, 6) is -0.715. The van der Waals surface area contributed by atoms with Crippen LogP contribution in [0.1, 0.15) is 28.9 Å². The van der Waals surface area contributed by atoms with Crippen LogP contribution in [0.3, 0.4) is 0 Å². The van der Waals surface area contributed by atoms with Crippen LogP contribution >= 0.6 is 11.6 Å². The predicted octanol–water partition coefficient (Wildman–Crippen LogP) is 3.70. The SMILES string of the molecule is O=C(c1ccc(F)cc1Cl)N(Cc1ccccn1)CC1CCCO1. The van der Waals surface area contributed by atoms with Crippen molar-refractivity contribution in [3.63, 3.8) is 0 Å². The average Bonchev–Trinajstić information content (AvgIpc) is 3.08. The number of rotatable bonds is 5. The summed E-state index contributed by atoms with van der Waals surface area (Å²) in [6.45, 7) is 1.53. The molecular weight excluding hydrogens is 331 g/mol. The van der Waals surface area contributed by atoms with Crippen molar-refractivity contribution in [2.75, 3.05) is 13.2 Å². The Hall–Kier alpha value is -1.98. The number of aromatic nitrogens is 1. The normalized spacial score (nSPS) is 17.0. The Labute approximate surface area is 145 Å². The number of hydrogen-bond acceptors (Lipinski definition) is 3. The molecule has 1 fully saturated rings. The first-order valence-corrected chi connectivity index (χ1v) is 8.27. The topological polar surface area (TPSA) is 42.4 Å².